The van der Waals surface area contributed by atoms with E-state index in [1.54, 1.807) is 37.3 Å². The highest BCUT2D eigenvalue weighted by Crippen LogP contribution is 2.25. The maximum Gasteiger partial charge on any atom is 0.437 e. The van der Waals surface area contributed by atoms with Gasteiger partial charge in [-0.25, -0.2) is 4.79 Å². The van der Waals surface area contributed by atoms with Crippen molar-refractivity contribution in [1.29, 1.82) is 0 Å². The number of benzene rings is 1. The van der Waals surface area contributed by atoms with Gasteiger partial charge >= 0.3 is 11.7 Å². The quantitative estimate of drug-likeness (QED) is 0.452. The minimum Gasteiger partial charge on any atom is -0.466 e. The molecule has 0 amide bonds. The van der Waals surface area contributed by atoms with E-state index in [0.717, 1.165) is 10.4 Å². The zero-order valence-electron chi connectivity index (χ0n) is 15.6. The zero-order valence-corrected chi connectivity index (χ0v) is 15.6. The molecule has 0 aliphatic carbocycles. The Bertz CT molecular complexity index is 1200. The Morgan fingerprint density at radius 1 is 1.07 bits per heavy atom. The molecule has 0 aliphatic rings. The number of aromatic nitrogens is 4. The molecule has 0 atom stereocenters. The molecule has 0 radical (unpaired) electrons. The van der Waals surface area contributed by atoms with Crippen LogP contribution >= 0.6 is 0 Å². The van der Waals surface area contributed by atoms with Crippen molar-refractivity contribution in [2.24, 2.45) is 0 Å². The van der Waals surface area contributed by atoms with Crippen molar-refractivity contribution in [3.05, 3.63) is 64.4 Å². The SMILES string of the molecule is Cc1cc(-c2nnc(COC(=O)Cn3nc(-c4ccccc4)oc3=O)o2)c(C)o1. The summed E-state index contributed by atoms with van der Waals surface area (Å²) in [4.78, 5) is 23.9. The average Bonchev–Trinajstić information content (AvgIpc) is 3.40. The molecule has 3 aromatic heterocycles. The van der Waals surface area contributed by atoms with Crippen LogP contribution in [-0.2, 0) is 22.7 Å². The summed E-state index contributed by atoms with van der Waals surface area (Å²) in [6.45, 7) is 2.95. The molecule has 4 rings (SSSR count). The molecule has 29 heavy (non-hydrogen) atoms. The summed E-state index contributed by atoms with van der Waals surface area (Å²) in [5, 5.41) is 11.8. The maximum absolute atomic E-state index is 12.0. The minimum absolute atomic E-state index is 0.115. The lowest BCUT2D eigenvalue weighted by Crippen LogP contribution is -2.23. The molecule has 1 aromatic carbocycles. The van der Waals surface area contributed by atoms with Gasteiger partial charge in [0.25, 0.3) is 11.8 Å². The van der Waals surface area contributed by atoms with E-state index in [9.17, 15) is 9.59 Å². The molecule has 0 bridgehead atoms. The van der Waals surface area contributed by atoms with Crippen molar-refractivity contribution in [2.75, 3.05) is 0 Å². The van der Waals surface area contributed by atoms with E-state index in [0.29, 0.717) is 16.9 Å². The van der Waals surface area contributed by atoms with Crippen LogP contribution in [-0.4, -0.2) is 25.9 Å². The van der Waals surface area contributed by atoms with Crippen molar-refractivity contribution in [1.82, 2.24) is 20.0 Å². The summed E-state index contributed by atoms with van der Waals surface area (Å²) >= 11 is 0. The molecule has 0 unspecified atom stereocenters. The van der Waals surface area contributed by atoms with E-state index >= 15 is 0 Å². The number of carbonyl (C=O) groups excluding carboxylic acids is 1. The molecule has 0 fully saturated rings. The molecule has 3 heterocycles. The van der Waals surface area contributed by atoms with E-state index < -0.39 is 18.3 Å². The topological polar surface area (TPSA) is 126 Å². The standard InChI is InChI=1S/C19H16N4O6/c1-11-8-14(12(2)27-11)18-21-20-15(28-18)10-26-16(24)9-23-19(25)29-17(22-23)13-6-4-3-5-7-13/h3-8H,9-10H2,1-2H3. The number of rotatable bonds is 6. The maximum atomic E-state index is 12.0. The van der Waals surface area contributed by atoms with Crippen LogP contribution in [0.2, 0.25) is 0 Å². The molecule has 0 spiro atoms. The first-order valence-corrected chi connectivity index (χ1v) is 8.68. The molecule has 10 nitrogen and oxygen atoms in total. The summed E-state index contributed by atoms with van der Waals surface area (Å²) in [7, 11) is 0. The first-order valence-electron chi connectivity index (χ1n) is 8.68. The number of ether oxygens (including phenoxy) is 1. The van der Waals surface area contributed by atoms with Crippen LogP contribution in [0.5, 0.6) is 0 Å². The first kappa shape index (κ1) is 18.4. The zero-order chi connectivity index (χ0) is 20.4. The number of esters is 1. The molecule has 4 aromatic rings. The van der Waals surface area contributed by atoms with Crippen molar-refractivity contribution in [2.45, 2.75) is 27.0 Å². The van der Waals surface area contributed by atoms with Gasteiger partial charge in [-0.05, 0) is 32.0 Å². The monoisotopic (exact) mass is 396 g/mol. The van der Waals surface area contributed by atoms with Gasteiger partial charge in [0.1, 0.15) is 18.1 Å². The number of hydrogen-bond acceptors (Lipinski definition) is 9. The fraction of sp³-hybridized carbons (Fsp3) is 0.211. The van der Waals surface area contributed by atoms with Crippen LogP contribution in [0.4, 0.5) is 0 Å². The number of aryl methyl sites for hydroxylation is 2. The van der Waals surface area contributed by atoms with Gasteiger partial charge in [0.2, 0.25) is 5.89 Å². The number of carbonyl (C=O) groups is 1. The second-order valence-corrected chi connectivity index (χ2v) is 6.19. The predicted molar refractivity (Wildman–Crippen MR) is 97.5 cm³/mol. The van der Waals surface area contributed by atoms with Crippen molar-refractivity contribution < 1.29 is 22.8 Å². The summed E-state index contributed by atoms with van der Waals surface area (Å²) in [6, 6.07) is 10.7. The Balaban J connectivity index is 1.38. The largest absolute Gasteiger partial charge is 0.466 e. The van der Waals surface area contributed by atoms with Crippen molar-refractivity contribution >= 4 is 5.97 Å². The van der Waals surface area contributed by atoms with Crippen LogP contribution in [0, 0.1) is 13.8 Å². The number of hydrogen-bond donors (Lipinski definition) is 0. The molecule has 0 N–H and O–H groups in total. The van der Waals surface area contributed by atoms with Gasteiger partial charge in [-0.2, -0.15) is 4.68 Å². The van der Waals surface area contributed by atoms with Crippen LogP contribution in [0.15, 0.2) is 54.4 Å². The lowest BCUT2D eigenvalue weighted by Gasteiger charge is -2.00. The molecule has 0 saturated carbocycles. The fourth-order valence-electron chi connectivity index (χ4n) is 2.68. The Labute approximate surface area is 163 Å². The summed E-state index contributed by atoms with van der Waals surface area (Å²) < 4.78 is 22.0. The second-order valence-electron chi connectivity index (χ2n) is 6.19. The average molecular weight is 396 g/mol. The van der Waals surface area contributed by atoms with Gasteiger partial charge < -0.3 is 18.0 Å². The second kappa shape index (κ2) is 7.58. The Hall–Kier alpha value is -3.95. The van der Waals surface area contributed by atoms with Gasteiger partial charge in [0.05, 0.1) is 5.56 Å². The number of nitrogens with zero attached hydrogens (tertiary/aromatic N) is 4. The van der Waals surface area contributed by atoms with E-state index in [-0.39, 0.29) is 24.3 Å². The van der Waals surface area contributed by atoms with Gasteiger partial charge in [0.15, 0.2) is 6.61 Å². The van der Waals surface area contributed by atoms with Crippen molar-refractivity contribution in [3.63, 3.8) is 0 Å². The Kier molecular flexibility index (Phi) is 4.82. The molecular formula is C19H16N4O6. The molecule has 10 heteroatoms. The van der Waals surface area contributed by atoms with E-state index in [1.807, 2.05) is 13.0 Å². The Morgan fingerprint density at radius 3 is 2.59 bits per heavy atom. The molecule has 148 valence electrons. The summed E-state index contributed by atoms with van der Waals surface area (Å²) in [5.74, 6) is 0.415. The highest BCUT2D eigenvalue weighted by molar-refractivity contribution is 5.69. The predicted octanol–water partition coefficient (Wildman–Crippen LogP) is 2.51. The molecular weight excluding hydrogens is 380 g/mol. The highest BCUT2D eigenvalue weighted by Gasteiger charge is 2.17. The van der Waals surface area contributed by atoms with Gasteiger partial charge in [-0.15, -0.1) is 15.3 Å². The summed E-state index contributed by atoms with van der Waals surface area (Å²) in [6.07, 6.45) is 0. The fourth-order valence-corrected chi connectivity index (χ4v) is 2.68. The van der Waals surface area contributed by atoms with Crippen LogP contribution in [0.3, 0.4) is 0 Å². The molecule has 0 saturated heterocycles. The third-order valence-electron chi connectivity index (χ3n) is 4.00. The highest BCUT2D eigenvalue weighted by atomic mass is 16.5. The lowest BCUT2D eigenvalue weighted by atomic mass is 10.2. The lowest BCUT2D eigenvalue weighted by molar-refractivity contribution is -0.146. The summed E-state index contributed by atoms with van der Waals surface area (Å²) in [5.41, 5.74) is 1.30. The van der Waals surface area contributed by atoms with Gasteiger partial charge in [-0.1, -0.05) is 18.2 Å². The van der Waals surface area contributed by atoms with E-state index in [4.69, 9.17) is 18.0 Å². The van der Waals surface area contributed by atoms with Crippen molar-refractivity contribution in [3.8, 4) is 22.9 Å². The molecule has 0 aliphatic heterocycles. The van der Waals surface area contributed by atoms with Gasteiger partial charge in [0, 0.05) is 5.56 Å². The third-order valence-corrected chi connectivity index (χ3v) is 4.00. The first-order chi connectivity index (χ1) is 14.0. The minimum atomic E-state index is -0.758. The van der Waals surface area contributed by atoms with E-state index in [1.165, 1.54) is 0 Å². The van der Waals surface area contributed by atoms with Crippen LogP contribution in [0.25, 0.3) is 22.9 Å². The smallest absolute Gasteiger partial charge is 0.437 e. The third kappa shape index (κ3) is 4.00. The van der Waals surface area contributed by atoms with E-state index in [2.05, 4.69) is 15.3 Å². The number of furan rings is 1. The van der Waals surface area contributed by atoms with Crippen LogP contribution < -0.4 is 5.76 Å². The van der Waals surface area contributed by atoms with Crippen LogP contribution in [0.1, 0.15) is 17.4 Å². The van der Waals surface area contributed by atoms with Gasteiger partial charge in [-0.3, -0.25) is 4.79 Å². The Morgan fingerprint density at radius 2 is 1.86 bits per heavy atom. The normalized spacial score (nSPS) is 11.0.